The quantitative estimate of drug-likeness (QED) is 0.479. The molecular formula is C27H26N2O4. The smallest absolute Gasteiger partial charge is 0.278 e. The maximum absolute atomic E-state index is 13.4. The number of nitrogens with zero attached hydrogens (tertiary/aromatic N) is 1. The molecule has 0 fully saturated rings. The third kappa shape index (κ3) is 4.90. The Kier molecular flexibility index (Phi) is 6.74. The Morgan fingerprint density at radius 1 is 0.818 bits per heavy atom. The number of carbonyl (C=O) groups excluding carboxylic acids is 2. The number of methoxy groups -OCH3 is 1. The second-order valence-electron chi connectivity index (χ2n) is 7.66. The van der Waals surface area contributed by atoms with Crippen molar-refractivity contribution in [3.63, 3.8) is 0 Å². The van der Waals surface area contributed by atoms with Crippen LogP contribution < -0.4 is 14.8 Å². The van der Waals surface area contributed by atoms with E-state index >= 15 is 0 Å². The van der Waals surface area contributed by atoms with Crippen LogP contribution in [-0.4, -0.2) is 30.4 Å². The van der Waals surface area contributed by atoms with Crippen LogP contribution in [0.3, 0.4) is 0 Å². The fourth-order valence-electron chi connectivity index (χ4n) is 3.63. The normalized spacial score (nSPS) is 13.5. The predicted octanol–water partition coefficient (Wildman–Crippen LogP) is 4.88. The van der Waals surface area contributed by atoms with E-state index in [0.717, 1.165) is 17.7 Å². The molecule has 6 nitrogen and oxygen atoms in total. The Balaban J connectivity index is 1.68. The fraction of sp³-hybridized carbons (Fsp3) is 0.185. The third-order valence-electron chi connectivity index (χ3n) is 5.33. The van der Waals surface area contributed by atoms with Gasteiger partial charge >= 0.3 is 0 Å². The van der Waals surface area contributed by atoms with Gasteiger partial charge in [-0.2, -0.15) is 0 Å². The molecule has 0 atom stereocenters. The molecule has 0 aromatic heterocycles. The van der Waals surface area contributed by atoms with Crippen molar-refractivity contribution in [2.24, 2.45) is 0 Å². The van der Waals surface area contributed by atoms with Crippen molar-refractivity contribution < 1.29 is 19.1 Å². The lowest BCUT2D eigenvalue weighted by Gasteiger charge is -2.15. The zero-order chi connectivity index (χ0) is 23.2. The summed E-state index contributed by atoms with van der Waals surface area (Å²) in [6, 6.07) is 24.0. The molecule has 0 spiro atoms. The molecule has 0 saturated carbocycles. The molecule has 1 aliphatic heterocycles. The van der Waals surface area contributed by atoms with Gasteiger partial charge in [0, 0.05) is 5.69 Å². The SMILES string of the molecule is CCCOc1ccc(C2=C(Nc3ccc(OC)cc3)C(=O)N(Cc3ccccc3)C2=O)cc1. The number of hydrogen-bond donors (Lipinski definition) is 1. The van der Waals surface area contributed by atoms with Crippen molar-refractivity contribution in [3.05, 3.63) is 95.7 Å². The van der Waals surface area contributed by atoms with Crippen LogP contribution in [0.1, 0.15) is 24.5 Å². The van der Waals surface area contributed by atoms with Gasteiger partial charge in [0.25, 0.3) is 11.8 Å². The van der Waals surface area contributed by atoms with Crippen LogP contribution in [-0.2, 0) is 16.1 Å². The maximum Gasteiger partial charge on any atom is 0.278 e. The van der Waals surface area contributed by atoms with Gasteiger partial charge in [-0.15, -0.1) is 0 Å². The monoisotopic (exact) mass is 442 g/mol. The van der Waals surface area contributed by atoms with E-state index in [0.29, 0.717) is 29.2 Å². The molecule has 1 heterocycles. The lowest BCUT2D eigenvalue weighted by Crippen LogP contribution is -2.31. The summed E-state index contributed by atoms with van der Waals surface area (Å²) >= 11 is 0. The average Bonchev–Trinajstić information content (AvgIpc) is 3.08. The summed E-state index contributed by atoms with van der Waals surface area (Å²) in [6.07, 6.45) is 0.907. The van der Waals surface area contributed by atoms with Gasteiger partial charge < -0.3 is 14.8 Å². The number of imide groups is 1. The number of benzene rings is 3. The summed E-state index contributed by atoms with van der Waals surface area (Å²) in [4.78, 5) is 28.1. The minimum atomic E-state index is -0.360. The second kappa shape index (κ2) is 10.0. The first-order valence-corrected chi connectivity index (χ1v) is 10.9. The molecule has 0 unspecified atom stereocenters. The highest BCUT2D eigenvalue weighted by molar-refractivity contribution is 6.36. The van der Waals surface area contributed by atoms with Crippen molar-refractivity contribution in [1.82, 2.24) is 4.90 Å². The van der Waals surface area contributed by atoms with E-state index in [9.17, 15) is 9.59 Å². The number of ether oxygens (including phenoxy) is 2. The number of anilines is 1. The number of hydrogen-bond acceptors (Lipinski definition) is 5. The second-order valence-corrected chi connectivity index (χ2v) is 7.66. The van der Waals surface area contributed by atoms with Gasteiger partial charge in [0.2, 0.25) is 0 Å². The maximum atomic E-state index is 13.4. The minimum absolute atomic E-state index is 0.202. The van der Waals surface area contributed by atoms with Crippen molar-refractivity contribution >= 4 is 23.1 Å². The number of carbonyl (C=O) groups is 2. The summed E-state index contributed by atoms with van der Waals surface area (Å²) in [6.45, 7) is 2.86. The summed E-state index contributed by atoms with van der Waals surface area (Å²) in [5, 5.41) is 3.17. The summed E-state index contributed by atoms with van der Waals surface area (Å²) in [5.74, 6) is 0.740. The highest BCUT2D eigenvalue weighted by Gasteiger charge is 2.39. The van der Waals surface area contributed by atoms with E-state index in [1.165, 1.54) is 4.90 Å². The van der Waals surface area contributed by atoms with E-state index in [2.05, 4.69) is 5.32 Å². The number of nitrogens with one attached hydrogen (secondary N) is 1. The minimum Gasteiger partial charge on any atom is -0.497 e. The molecule has 0 bridgehead atoms. The summed E-state index contributed by atoms with van der Waals surface area (Å²) in [7, 11) is 1.59. The number of amides is 2. The van der Waals surface area contributed by atoms with Crippen molar-refractivity contribution in [1.29, 1.82) is 0 Å². The Morgan fingerprint density at radius 3 is 2.12 bits per heavy atom. The molecule has 0 aliphatic carbocycles. The molecule has 168 valence electrons. The van der Waals surface area contributed by atoms with Crippen LogP contribution in [0.4, 0.5) is 5.69 Å². The van der Waals surface area contributed by atoms with Gasteiger partial charge in [-0.05, 0) is 53.9 Å². The highest BCUT2D eigenvalue weighted by Crippen LogP contribution is 2.32. The first-order chi connectivity index (χ1) is 16.1. The molecule has 6 heteroatoms. The van der Waals surface area contributed by atoms with Gasteiger partial charge in [0.15, 0.2) is 0 Å². The predicted molar refractivity (Wildman–Crippen MR) is 128 cm³/mol. The molecule has 1 aliphatic rings. The first kappa shape index (κ1) is 22.1. The standard InChI is InChI=1S/C27H26N2O4/c1-3-17-33-23-13-9-20(10-14-23)24-25(28-21-11-15-22(32-2)16-12-21)27(31)29(26(24)30)18-19-7-5-4-6-8-19/h4-16,28H,3,17-18H2,1-2H3. The van der Waals surface area contributed by atoms with E-state index < -0.39 is 0 Å². The topological polar surface area (TPSA) is 67.9 Å². The molecule has 0 saturated heterocycles. The van der Waals surface area contributed by atoms with Crippen molar-refractivity contribution in [3.8, 4) is 11.5 Å². The fourth-order valence-corrected chi connectivity index (χ4v) is 3.63. The number of rotatable bonds is 9. The van der Waals surface area contributed by atoms with Gasteiger partial charge in [-0.1, -0.05) is 49.4 Å². The first-order valence-electron chi connectivity index (χ1n) is 10.9. The van der Waals surface area contributed by atoms with Crippen molar-refractivity contribution in [2.45, 2.75) is 19.9 Å². The molecule has 2 amide bonds. The molecule has 3 aromatic rings. The Hall–Kier alpha value is -4.06. The average molecular weight is 443 g/mol. The van der Waals surface area contributed by atoms with Crippen LogP contribution in [0.2, 0.25) is 0 Å². The zero-order valence-electron chi connectivity index (χ0n) is 18.7. The van der Waals surface area contributed by atoms with Gasteiger partial charge in [-0.3, -0.25) is 14.5 Å². The van der Waals surface area contributed by atoms with Crippen molar-refractivity contribution in [2.75, 3.05) is 19.0 Å². The van der Waals surface area contributed by atoms with Crippen LogP contribution in [0.25, 0.3) is 5.57 Å². The van der Waals surface area contributed by atoms with E-state index in [1.54, 1.807) is 19.2 Å². The molecule has 4 rings (SSSR count). The largest absolute Gasteiger partial charge is 0.497 e. The lowest BCUT2D eigenvalue weighted by molar-refractivity contribution is -0.137. The van der Waals surface area contributed by atoms with E-state index in [1.807, 2.05) is 73.7 Å². The highest BCUT2D eigenvalue weighted by atomic mass is 16.5. The van der Waals surface area contributed by atoms with Crippen LogP contribution >= 0.6 is 0 Å². The van der Waals surface area contributed by atoms with Crippen LogP contribution in [0.15, 0.2) is 84.6 Å². The van der Waals surface area contributed by atoms with Crippen LogP contribution in [0.5, 0.6) is 11.5 Å². The van der Waals surface area contributed by atoms with E-state index in [4.69, 9.17) is 9.47 Å². The molecular weight excluding hydrogens is 416 g/mol. The van der Waals surface area contributed by atoms with E-state index in [-0.39, 0.29) is 24.1 Å². The molecule has 3 aromatic carbocycles. The summed E-state index contributed by atoms with van der Waals surface area (Å²) < 4.78 is 10.9. The molecule has 1 N–H and O–H groups in total. The van der Waals surface area contributed by atoms with Crippen LogP contribution in [0, 0.1) is 0 Å². The zero-order valence-corrected chi connectivity index (χ0v) is 18.7. The Bertz CT molecular complexity index is 1150. The Morgan fingerprint density at radius 2 is 1.48 bits per heavy atom. The molecule has 0 radical (unpaired) electrons. The Labute approximate surface area is 193 Å². The summed E-state index contributed by atoms with van der Waals surface area (Å²) in [5.41, 5.74) is 2.82. The lowest BCUT2D eigenvalue weighted by atomic mass is 10.0. The van der Waals surface area contributed by atoms with Gasteiger partial charge in [0.1, 0.15) is 17.2 Å². The third-order valence-corrected chi connectivity index (χ3v) is 5.33. The van der Waals surface area contributed by atoms with Gasteiger partial charge in [-0.25, -0.2) is 0 Å². The van der Waals surface area contributed by atoms with Gasteiger partial charge in [0.05, 0.1) is 25.8 Å². The molecule has 33 heavy (non-hydrogen) atoms.